The molecule has 4 aromatic rings. The lowest BCUT2D eigenvalue weighted by atomic mass is 10.0. The molecule has 0 spiro atoms. The number of carbonyl (C=O) groups is 2. The minimum absolute atomic E-state index is 0.0178. The number of carbonyl (C=O) groups excluding carboxylic acids is 2. The molecule has 4 aromatic carbocycles. The summed E-state index contributed by atoms with van der Waals surface area (Å²) in [5.74, 6) is -0.673. The van der Waals surface area contributed by atoms with Gasteiger partial charge in [-0.25, -0.2) is 8.42 Å². The van der Waals surface area contributed by atoms with Crippen molar-refractivity contribution in [1.82, 2.24) is 10.2 Å². The van der Waals surface area contributed by atoms with Gasteiger partial charge in [-0.1, -0.05) is 72.3 Å². The van der Waals surface area contributed by atoms with E-state index in [-0.39, 0.29) is 30.2 Å². The van der Waals surface area contributed by atoms with Crippen LogP contribution in [0.4, 0.5) is 5.69 Å². The van der Waals surface area contributed by atoms with E-state index < -0.39 is 34.4 Å². The molecular weight excluding hydrogens is 630 g/mol. The van der Waals surface area contributed by atoms with E-state index in [1.807, 2.05) is 36.6 Å². The van der Waals surface area contributed by atoms with Gasteiger partial charge in [0.05, 0.1) is 17.2 Å². The zero-order chi connectivity index (χ0) is 32.4. The van der Waals surface area contributed by atoms with Gasteiger partial charge < -0.3 is 15.0 Å². The minimum Gasteiger partial charge on any atom is -0.492 e. The van der Waals surface area contributed by atoms with Crippen molar-refractivity contribution in [3.63, 3.8) is 0 Å². The van der Waals surface area contributed by atoms with Crippen molar-refractivity contribution < 1.29 is 22.7 Å². The molecule has 0 fully saturated rings. The number of amides is 2. The first-order chi connectivity index (χ1) is 21.7. The zero-order valence-corrected chi connectivity index (χ0v) is 27.7. The van der Waals surface area contributed by atoms with Gasteiger partial charge in [0, 0.05) is 29.9 Å². The Balaban J connectivity index is 1.83. The van der Waals surface area contributed by atoms with E-state index >= 15 is 0 Å². The zero-order valence-electron chi connectivity index (χ0n) is 25.4. The molecule has 1 N–H and O–H groups in total. The van der Waals surface area contributed by atoms with Gasteiger partial charge in [0.25, 0.3) is 10.0 Å². The quantitative estimate of drug-likeness (QED) is 0.165. The Bertz CT molecular complexity index is 1700. The van der Waals surface area contributed by atoms with E-state index in [2.05, 4.69) is 5.32 Å². The fourth-order valence-corrected chi connectivity index (χ4v) is 6.89. The van der Waals surface area contributed by atoms with Crippen LogP contribution in [0.15, 0.2) is 113 Å². The fraction of sp³-hybridized carbons (Fsp3) is 0.235. The molecule has 1 atom stereocenters. The summed E-state index contributed by atoms with van der Waals surface area (Å²) in [6, 6.07) is 28.6. The number of sulfonamides is 1. The maximum atomic E-state index is 14.5. The largest absolute Gasteiger partial charge is 0.492 e. The molecule has 0 aliphatic heterocycles. The Kier molecular flexibility index (Phi) is 11.9. The molecule has 45 heavy (non-hydrogen) atoms. The Morgan fingerprint density at radius 3 is 2.20 bits per heavy atom. The number of nitrogens with one attached hydrogen (secondary N) is 1. The molecule has 11 heteroatoms. The molecular formula is C34H36ClN3O5S2. The normalized spacial score (nSPS) is 11.8. The smallest absolute Gasteiger partial charge is 0.264 e. The van der Waals surface area contributed by atoms with Crippen LogP contribution in [-0.4, -0.2) is 57.6 Å². The first kappa shape index (κ1) is 33.9. The van der Waals surface area contributed by atoms with E-state index in [1.165, 1.54) is 35.8 Å². The van der Waals surface area contributed by atoms with E-state index in [1.54, 1.807) is 67.6 Å². The Morgan fingerprint density at radius 1 is 0.911 bits per heavy atom. The molecule has 0 heterocycles. The number of anilines is 1. The van der Waals surface area contributed by atoms with Crippen molar-refractivity contribution in [3.05, 3.63) is 119 Å². The number of nitrogens with zero attached hydrogens (tertiary/aromatic N) is 2. The second kappa shape index (κ2) is 15.8. The summed E-state index contributed by atoms with van der Waals surface area (Å²) < 4.78 is 35.5. The van der Waals surface area contributed by atoms with Gasteiger partial charge >= 0.3 is 0 Å². The van der Waals surface area contributed by atoms with Crippen LogP contribution in [0.3, 0.4) is 0 Å². The van der Waals surface area contributed by atoms with Crippen LogP contribution in [0, 0.1) is 0 Å². The molecule has 0 bridgehead atoms. The van der Waals surface area contributed by atoms with Gasteiger partial charge in [0.15, 0.2) is 0 Å². The monoisotopic (exact) mass is 665 g/mol. The summed E-state index contributed by atoms with van der Waals surface area (Å²) in [6.45, 7) is 1.47. The van der Waals surface area contributed by atoms with Gasteiger partial charge in [-0.2, -0.15) is 0 Å². The van der Waals surface area contributed by atoms with Gasteiger partial charge in [0.2, 0.25) is 11.8 Å². The van der Waals surface area contributed by atoms with Crippen molar-refractivity contribution >= 4 is 50.9 Å². The topological polar surface area (TPSA) is 96.0 Å². The van der Waals surface area contributed by atoms with Crippen molar-refractivity contribution in [2.75, 3.05) is 30.8 Å². The maximum absolute atomic E-state index is 14.5. The number of rotatable bonds is 14. The lowest BCUT2D eigenvalue weighted by Crippen LogP contribution is -2.53. The Hall–Kier alpha value is -3.99. The van der Waals surface area contributed by atoms with Crippen molar-refractivity contribution in [2.24, 2.45) is 0 Å². The molecule has 4 rings (SSSR count). The second-order valence-corrected chi connectivity index (χ2v) is 13.2. The van der Waals surface area contributed by atoms with E-state index in [0.717, 1.165) is 14.8 Å². The summed E-state index contributed by atoms with van der Waals surface area (Å²) in [7, 11) is -2.76. The summed E-state index contributed by atoms with van der Waals surface area (Å²) in [5.41, 5.74) is 1.66. The van der Waals surface area contributed by atoms with E-state index in [4.69, 9.17) is 16.3 Å². The molecule has 8 nitrogen and oxygen atoms in total. The van der Waals surface area contributed by atoms with Gasteiger partial charge in [-0.3, -0.25) is 13.9 Å². The predicted octanol–water partition coefficient (Wildman–Crippen LogP) is 6.04. The van der Waals surface area contributed by atoms with Crippen LogP contribution in [0.5, 0.6) is 5.75 Å². The third kappa shape index (κ3) is 8.39. The van der Waals surface area contributed by atoms with E-state index in [0.29, 0.717) is 16.3 Å². The van der Waals surface area contributed by atoms with Crippen LogP contribution in [-0.2, 0) is 32.6 Å². The van der Waals surface area contributed by atoms with Crippen molar-refractivity contribution in [2.45, 2.75) is 35.7 Å². The number of thioether (sulfide) groups is 1. The number of ether oxygens (including phenoxy) is 1. The van der Waals surface area contributed by atoms with Gasteiger partial charge in [-0.05, 0) is 66.8 Å². The molecule has 236 valence electrons. The summed E-state index contributed by atoms with van der Waals surface area (Å²) in [4.78, 5) is 30.2. The third-order valence-corrected chi connectivity index (χ3v) is 10.1. The highest BCUT2D eigenvalue weighted by atomic mass is 35.5. The average molecular weight is 666 g/mol. The number of hydrogen-bond donors (Lipinski definition) is 1. The van der Waals surface area contributed by atoms with Crippen LogP contribution < -0.4 is 14.4 Å². The average Bonchev–Trinajstić information content (AvgIpc) is 3.06. The highest BCUT2D eigenvalue weighted by Gasteiger charge is 2.35. The predicted molar refractivity (Wildman–Crippen MR) is 180 cm³/mol. The summed E-state index contributed by atoms with van der Waals surface area (Å²) in [5, 5.41) is 3.10. The molecule has 0 saturated carbocycles. The first-order valence-electron chi connectivity index (χ1n) is 14.4. The van der Waals surface area contributed by atoms with Crippen LogP contribution >= 0.6 is 23.4 Å². The van der Waals surface area contributed by atoms with Gasteiger partial charge in [0.1, 0.15) is 18.3 Å². The molecule has 0 radical (unpaired) electrons. The highest BCUT2D eigenvalue weighted by Crippen LogP contribution is 2.33. The lowest BCUT2D eigenvalue weighted by molar-refractivity contribution is -0.139. The van der Waals surface area contributed by atoms with Crippen LogP contribution in [0.25, 0.3) is 0 Å². The number of halogens is 1. The number of para-hydroxylation sites is 2. The Labute approximate surface area is 274 Å². The Morgan fingerprint density at radius 2 is 1.56 bits per heavy atom. The lowest BCUT2D eigenvalue weighted by Gasteiger charge is -2.34. The standard InChI is InChI=1S/C34H36ClN3O5S2/c1-4-43-32-17-11-10-16-30(32)38(45(41,42)28-20-18-27(44-3)19-21-28)24-33(39)37(23-26-14-8-9-15-29(26)35)31(34(40)36-2)22-25-12-6-5-7-13-25/h5-21,31H,4,22-24H2,1-3H3,(H,36,40). The molecule has 0 aromatic heterocycles. The summed E-state index contributed by atoms with van der Waals surface area (Å²) in [6.07, 6.45) is 2.10. The molecule has 2 amide bonds. The van der Waals surface area contributed by atoms with Crippen LogP contribution in [0.1, 0.15) is 18.1 Å². The van der Waals surface area contributed by atoms with E-state index in [9.17, 15) is 18.0 Å². The number of likely N-dealkylation sites (N-methyl/N-ethyl adjacent to an activating group) is 1. The molecule has 0 aliphatic rings. The molecule has 1 unspecified atom stereocenters. The second-order valence-electron chi connectivity index (χ2n) is 10.0. The van der Waals surface area contributed by atoms with Gasteiger partial charge in [-0.15, -0.1) is 11.8 Å². The molecule has 0 saturated heterocycles. The number of benzene rings is 4. The fourth-order valence-electron chi connectivity index (χ4n) is 4.86. The third-order valence-electron chi connectivity index (χ3n) is 7.18. The highest BCUT2D eigenvalue weighted by molar-refractivity contribution is 7.98. The molecule has 0 aliphatic carbocycles. The van der Waals surface area contributed by atoms with Crippen LogP contribution in [0.2, 0.25) is 5.02 Å². The van der Waals surface area contributed by atoms with Crippen molar-refractivity contribution in [1.29, 1.82) is 0 Å². The van der Waals surface area contributed by atoms with Crippen molar-refractivity contribution in [3.8, 4) is 5.75 Å². The SMILES string of the molecule is CCOc1ccccc1N(CC(=O)N(Cc1ccccc1Cl)C(Cc1ccccc1)C(=O)NC)S(=O)(=O)c1ccc(SC)cc1. The first-order valence-corrected chi connectivity index (χ1v) is 17.4. The minimum atomic E-state index is -4.27. The maximum Gasteiger partial charge on any atom is 0.264 e. The number of hydrogen-bond acceptors (Lipinski definition) is 6. The summed E-state index contributed by atoms with van der Waals surface area (Å²) >= 11 is 8.01.